The smallest absolute Gasteiger partial charge is 0.339 e. The van der Waals surface area contributed by atoms with Crippen LogP contribution in [0.2, 0.25) is 0 Å². The van der Waals surface area contributed by atoms with Gasteiger partial charge in [-0.2, -0.15) is 0 Å². The van der Waals surface area contributed by atoms with E-state index in [9.17, 15) is 4.79 Å². The molecule has 1 atom stereocenters. The lowest BCUT2D eigenvalue weighted by Crippen LogP contribution is -2.37. The molecule has 0 radical (unpaired) electrons. The molecule has 1 aromatic rings. The van der Waals surface area contributed by atoms with Crippen LogP contribution in [0.1, 0.15) is 44.5 Å². The highest BCUT2D eigenvalue weighted by molar-refractivity contribution is 5.90. The third-order valence-corrected chi connectivity index (χ3v) is 3.38. The first-order valence-corrected chi connectivity index (χ1v) is 6.40. The summed E-state index contributed by atoms with van der Waals surface area (Å²) in [5, 5.41) is 9.16. The molecule has 1 aromatic carbocycles. The predicted molar refractivity (Wildman–Crippen MR) is 71.7 cm³/mol. The summed E-state index contributed by atoms with van der Waals surface area (Å²) in [7, 11) is 0. The van der Waals surface area contributed by atoms with Gasteiger partial charge in [0.2, 0.25) is 0 Å². The molecule has 2 rings (SSSR count). The number of rotatable bonds is 3. The van der Waals surface area contributed by atoms with Gasteiger partial charge in [-0.25, -0.2) is 4.79 Å². The van der Waals surface area contributed by atoms with Gasteiger partial charge >= 0.3 is 5.97 Å². The molecule has 0 aromatic heterocycles. The zero-order chi connectivity index (χ0) is 14.3. The van der Waals surface area contributed by atoms with Crippen LogP contribution in [0, 0.1) is 0 Å². The number of ether oxygens (including phenoxy) is 2. The number of hydrogen-bond acceptors (Lipinski definition) is 3. The third kappa shape index (κ3) is 2.89. The zero-order valence-corrected chi connectivity index (χ0v) is 11.8. The van der Waals surface area contributed by atoms with Gasteiger partial charge in [0.25, 0.3) is 0 Å². The maximum Gasteiger partial charge on any atom is 0.339 e. The minimum atomic E-state index is -0.980. The second-order valence-electron chi connectivity index (χ2n) is 6.08. The standard InChI is InChI=1S/C15H20O4/c1-14(2)9-12(15(3,4)19-14)18-11-8-6-5-7-10(11)13(16)17/h5-8,12H,9H2,1-4H3,(H,16,17). The normalized spacial score (nSPS) is 24.1. The summed E-state index contributed by atoms with van der Waals surface area (Å²) in [5.41, 5.74) is -0.510. The summed E-state index contributed by atoms with van der Waals surface area (Å²) in [4.78, 5) is 11.2. The van der Waals surface area contributed by atoms with Gasteiger partial charge in [-0.3, -0.25) is 0 Å². The van der Waals surface area contributed by atoms with E-state index < -0.39 is 11.6 Å². The maximum absolute atomic E-state index is 11.2. The van der Waals surface area contributed by atoms with Crippen molar-refractivity contribution in [2.75, 3.05) is 0 Å². The quantitative estimate of drug-likeness (QED) is 0.911. The van der Waals surface area contributed by atoms with Crippen LogP contribution >= 0.6 is 0 Å². The average Bonchev–Trinajstić information content (AvgIpc) is 2.47. The number of carboxylic acids is 1. The Balaban J connectivity index is 2.25. The van der Waals surface area contributed by atoms with E-state index in [4.69, 9.17) is 14.6 Å². The van der Waals surface area contributed by atoms with Crippen molar-refractivity contribution in [3.63, 3.8) is 0 Å². The highest BCUT2D eigenvalue weighted by Crippen LogP contribution is 2.39. The van der Waals surface area contributed by atoms with Gasteiger partial charge in [-0.05, 0) is 39.8 Å². The summed E-state index contributed by atoms with van der Waals surface area (Å²) < 4.78 is 11.9. The van der Waals surface area contributed by atoms with E-state index in [1.807, 2.05) is 27.7 Å². The predicted octanol–water partition coefficient (Wildman–Crippen LogP) is 3.11. The second-order valence-corrected chi connectivity index (χ2v) is 6.08. The van der Waals surface area contributed by atoms with Crippen molar-refractivity contribution in [1.82, 2.24) is 0 Å². The minimum Gasteiger partial charge on any atom is -0.486 e. The molecule has 1 unspecified atom stereocenters. The fourth-order valence-electron chi connectivity index (χ4n) is 2.59. The van der Waals surface area contributed by atoms with Gasteiger partial charge in [0.15, 0.2) is 0 Å². The van der Waals surface area contributed by atoms with E-state index in [-0.39, 0.29) is 17.3 Å². The van der Waals surface area contributed by atoms with Crippen LogP contribution in [0.25, 0.3) is 0 Å². The summed E-state index contributed by atoms with van der Waals surface area (Å²) in [5.74, 6) is -0.582. The molecule has 0 aliphatic carbocycles. The lowest BCUT2D eigenvalue weighted by molar-refractivity contribution is -0.0846. The fourth-order valence-corrected chi connectivity index (χ4v) is 2.59. The summed E-state index contributed by atoms with van der Waals surface area (Å²) in [6, 6.07) is 6.70. The van der Waals surface area contributed by atoms with Crippen molar-refractivity contribution in [3.8, 4) is 5.75 Å². The third-order valence-electron chi connectivity index (χ3n) is 3.38. The highest BCUT2D eigenvalue weighted by Gasteiger charge is 2.47. The van der Waals surface area contributed by atoms with E-state index in [1.54, 1.807) is 24.3 Å². The van der Waals surface area contributed by atoms with Crippen LogP contribution in [-0.2, 0) is 4.74 Å². The molecule has 1 aliphatic rings. The molecule has 1 N–H and O–H groups in total. The monoisotopic (exact) mass is 264 g/mol. The average molecular weight is 264 g/mol. The van der Waals surface area contributed by atoms with Gasteiger partial charge < -0.3 is 14.6 Å². The molecular formula is C15H20O4. The van der Waals surface area contributed by atoms with Gasteiger partial charge in [-0.15, -0.1) is 0 Å². The molecule has 19 heavy (non-hydrogen) atoms. The van der Waals surface area contributed by atoms with Crippen LogP contribution in [0.5, 0.6) is 5.75 Å². The molecule has 104 valence electrons. The molecular weight excluding hydrogens is 244 g/mol. The molecule has 4 heteroatoms. The summed E-state index contributed by atoms with van der Waals surface area (Å²) in [6.45, 7) is 7.97. The van der Waals surface area contributed by atoms with Crippen molar-refractivity contribution in [3.05, 3.63) is 29.8 Å². The van der Waals surface area contributed by atoms with Crippen LogP contribution in [0.3, 0.4) is 0 Å². The van der Waals surface area contributed by atoms with Crippen molar-refractivity contribution in [2.45, 2.75) is 51.4 Å². The molecule has 1 heterocycles. The Morgan fingerprint density at radius 2 is 1.95 bits per heavy atom. The Kier molecular flexibility index (Phi) is 3.31. The van der Waals surface area contributed by atoms with Gasteiger partial charge in [0, 0.05) is 6.42 Å². The zero-order valence-electron chi connectivity index (χ0n) is 11.8. The van der Waals surface area contributed by atoms with Crippen molar-refractivity contribution < 1.29 is 19.4 Å². The largest absolute Gasteiger partial charge is 0.486 e. The second kappa shape index (κ2) is 4.53. The van der Waals surface area contributed by atoms with Crippen molar-refractivity contribution >= 4 is 5.97 Å². The van der Waals surface area contributed by atoms with E-state index >= 15 is 0 Å². The van der Waals surface area contributed by atoms with E-state index in [1.165, 1.54) is 0 Å². The number of carbonyl (C=O) groups is 1. The number of benzene rings is 1. The Morgan fingerprint density at radius 1 is 1.32 bits per heavy atom. The minimum absolute atomic E-state index is 0.164. The van der Waals surface area contributed by atoms with Gasteiger partial charge in [-0.1, -0.05) is 12.1 Å². The number of hydrogen-bond donors (Lipinski definition) is 1. The molecule has 1 fully saturated rings. The molecule has 1 aliphatic heterocycles. The molecule has 0 saturated carbocycles. The van der Waals surface area contributed by atoms with Crippen LogP contribution in [-0.4, -0.2) is 28.4 Å². The van der Waals surface area contributed by atoms with E-state index in [0.29, 0.717) is 5.75 Å². The Labute approximate surface area is 113 Å². The SMILES string of the molecule is CC1(C)CC(Oc2ccccc2C(=O)O)C(C)(C)O1. The number of para-hydroxylation sites is 1. The fraction of sp³-hybridized carbons (Fsp3) is 0.533. The van der Waals surface area contributed by atoms with Gasteiger partial charge in [0.05, 0.1) is 5.60 Å². The maximum atomic E-state index is 11.2. The van der Waals surface area contributed by atoms with Crippen molar-refractivity contribution in [2.24, 2.45) is 0 Å². The lowest BCUT2D eigenvalue weighted by Gasteiger charge is -2.27. The number of carboxylic acid groups (broad SMARTS) is 1. The molecule has 0 amide bonds. The first kappa shape index (κ1) is 13.9. The molecule has 1 saturated heterocycles. The van der Waals surface area contributed by atoms with Crippen LogP contribution < -0.4 is 4.74 Å². The van der Waals surface area contributed by atoms with E-state index in [0.717, 1.165) is 6.42 Å². The first-order chi connectivity index (χ1) is 8.71. The topological polar surface area (TPSA) is 55.8 Å². The molecule has 0 spiro atoms. The van der Waals surface area contributed by atoms with E-state index in [2.05, 4.69) is 0 Å². The van der Waals surface area contributed by atoms with Crippen molar-refractivity contribution in [1.29, 1.82) is 0 Å². The van der Waals surface area contributed by atoms with Crippen LogP contribution in [0.15, 0.2) is 24.3 Å². The Hall–Kier alpha value is -1.55. The van der Waals surface area contributed by atoms with Gasteiger partial charge in [0.1, 0.15) is 23.0 Å². The lowest BCUT2D eigenvalue weighted by atomic mass is 9.97. The Morgan fingerprint density at radius 3 is 2.47 bits per heavy atom. The Bertz CT molecular complexity index is 491. The molecule has 4 nitrogen and oxygen atoms in total. The number of aromatic carboxylic acids is 1. The first-order valence-electron chi connectivity index (χ1n) is 6.40. The highest BCUT2D eigenvalue weighted by atomic mass is 16.6. The van der Waals surface area contributed by atoms with Crippen LogP contribution in [0.4, 0.5) is 0 Å². The molecule has 0 bridgehead atoms. The summed E-state index contributed by atoms with van der Waals surface area (Å²) in [6.07, 6.45) is 0.566. The summed E-state index contributed by atoms with van der Waals surface area (Å²) >= 11 is 0.